The van der Waals surface area contributed by atoms with E-state index in [0.717, 1.165) is 0 Å². The second kappa shape index (κ2) is 3.82. The average Bonchev–Trinajstić information content (AvgIpc) is 1.56. The Hall–Kier alpha value is 1.02. The van der Waals surface area contributed by atoms with Gasteiger partial charge in [0.15, 0.2) is 0 Å². The summed E-state index contributed by atoms with van der Waals surface area (Å²) in [6.45, 7) is 3.14. The quantitative estimate of drug-likeness (QED) is 0.597. The molecule has 7 heteroatoms. The molecule has 0 spiro atoms. The minimum Gasteiger partial charge on any atom is -0.321 e. The molecule has 1 atom stereocenters. The molecular weight excluding hydrogens is 233 g/mol. The molecule has 0 saturated heterocycles. The first-order valence-electron chi connectivity index (χ1n) is 2.75. The maximum Gasteiger partial charge on any atom is 0.379 e. The van der Waals surface area contributed by atoms with Crippen LogP contribution in [-0.2, 0) is 9.09 Å². The number of alkyl halides is 3. The monoisotopic (exact) mass is 240 g/mol. The fraction of sp³-hybridized carbons (Fsp3) is 1.00. The lowest BCUT2D eigenvalue weighted by Crippen LogP contribution is -2.10. The number of halogens is 3. The molecule has 68 valence electrons. The van der Waals surface area contributed by atoms with E-state index in [2.05, 4.69) is 4.52 Å². The van der Waals surface area contributed by atoms with Crippen molar-refractivity contribution in [2.45, 2.75) is 23.5 Å². The van der Waals surface area contributed by atoms with Crippen molar-refractivity contribution in [1.29, 1.82) is 0 Å². The summed E-state index contributed by atoms with van der Waals surface area (Å²) in [4.78, 5) is 8.96. The van der Waals surface area contributed by atoms with Gasteiger partial charge in [0.2, 0.25) is 0 Å². The minimum absolute atomic E-state index is 0.457. The zero-order valence-electron chi connectivity index (χ0n) is 5.92. The van der Waals surface area contributed by atoms with Crippen LogP contribution in [0.5, 0.6) is 0 Å². The van der Waals surface area contributed by atoms with Gasteiger partial charge in [-0.2, -0.15) is 0 Å². The molecule has 0 aromatic heterocycles. The highest BCUT2D eigenvalue weighted by molar-refractivity contribution is 7.61. The lowest BCUT2D eigenvalue weighted by Gasteiger charge is -2.20. The van der Waals surface area contributed by atoms with Crippen LogP contribution in [-0.4, -0.2) is 14.5 Å². The maximum atomic E-state index is 11.0. The highest BCUT2D eigenvalue weighted by Crippen LogP contribution is 2.63. The Labute approximate surface area is 80.1 Å². The van der Waals surface area contributed by atoms with E-state index in [4.69, 9.17) is 39.7 Å². The van der Waals surface area contributed by atoms with Crippen molar-refractivity contribution in [1.82, 2.24) is 0 Å². The predicted molar refractivity (Wildman–Crippen MR) is 46.3 cm³/mol. The molecule has 0 aliphatic carbocycles. The van der Waals surface area contributed by atoms with Crippen LogP contribution in [0.1, 0.15) is 13.8 Å². The SMILES string of the molecule is CC(C)OP(=O)(O)C(Cl)(Cl)Cl. The number of hydrogen-bond acceptors (Lipinski definition) is 2. The second-order valence-corrected chi connectivity index (χ2v) is 7.14. The van der Waals surface area contributed by atoms with Crippen molar-refractivity contribution in [3.05, 3.63) is 0 Å². The van der Waals surface area contributed by atoms with Crippen molar-refractivity contribution < 1.29 is 14.0 Å². The van der Waals surface area contributed by atoms with Crippen LogP contribution in [0.15, 0.2) is 0 Å². The Bertz CT molecular complexity index is 176. The summed E-state index contributed by atoms with van der Waals surface area (Å²) in [5, 5.41) is 0. The van der Waals surface area contributed by atoms with E-state index >= 15 is 0 Å². The minimum atomic E-state index is -4.14. The molecule has 0 aliphatic heterocycles. The lowest BCUT2D eigenvalue weighted by atomic mass is 10.5. The highest BCUT2D eigenvalue weighted by atomic mass is 35.6. The summed E-state index contributed by atoms with van der Waals surface area (Å²) in [6, 6.07) is 0. The highest BCUT2D eigenvalue weighted by Gasteiger charge is 2.45. The molecule has 0 aromatic carbocycles. The van der Waals surface area contributed by atoms with Gasteiger partial charge in [-0.15, -0.1) is 0 Å². The third kappa shape index (κ3) is 3.97. The third-order valence-corrected chi connectivity index (χ3v) is 3.94. The van der Waals surface area contributed by atoms with Gasteiger partial charge in [-0.3, -0.25) is 4.57 Å². The normalized spacial score (nSPS) is 18.5. The topological polar surface area (TPSA) is 46.5 Å². The van der Waals surface area contributed by atoms with E-state index in [1.54, 1.807) is 13.8 Å². The molecule has 0 rings (SSSR count). The molecule has 0 radical (unpaired) electrons. The molecule has 0 saturated carbocycles. The van der Waals surface area contributed by atoms with E-state index < -0.39 is 17.2 Å². The van der Waals surface area contributed by atoms with Crippen molar-refractivity contribution in [3.8, 4) is 0 Å². The predicted octanol–water partition coefficient (Wildman–Crippen LogP) is 2.92. The molecule has 1 N–H and O–H groups in total. The summed E-state index contributed by atoms with van der Waals surface area (Å²) in [5.41, 5.74) is 0. The van der Waals surface area contributed by atoms with Gasteiger partial charge in [-0.05, 0) is 13.8 Å². The van der Waals surface area contributed by atoms with Gasteiger partial charge in [0.1, 0.15) is 0 Å². The first kappa shape index (κ1) is 12.0. The van der Waals surface area contributed by atoms with Crippen molar-refractivity contribution in [2.24, 2.45) is 0 Å². The van der Waals surface area contributed by atoms with Gasteiger partial charge in [-0.25, -0.2) is 0 Å². The van der Waals surface area contributed by atoms with E-state index in [0.29, 0.717) is 0 Å². The average molecular weight is 241 g/mol. The van der Waals surface area contributed by atoms with Crippen LogP contribution in [0.3, 0.4) is 0 Å². The third-order valence-electron chi connectivity index (χ3n) is 0.674. The van der Waals surface area contributed by atoms with E-state index in [1.807, 2.05) is 0 Å². The van der Waals surface area contributed by atoms with E-state index in [1.165, 1.54) is 0 Å². The van der Waals surface area contributed by atoms with E-state index in [-0.39, 0.29) is 0 Å². The molecule has 0 heterocycles. The molecule has 1 unspecified atom stereocenters. The summed E-state index contributed by atoms with van der Waals surface area (Å²) in [5.74, 6) is 0. The molecule has 3 nitrogen and oxygen atoms in total. The molecular formula is C4H8Cl3O3P. The van der Waals surface area contributed by atoms with Gasteiger partial charge >= 0.3 is 7.60 Å². The lowest BCUT2D eigenvalue weighted by molar-refractivity contribution is 0.204. The first-order valence-corrected chi connectivity index (χ1v) is 5.46. The summed E-state index contributed by atoms with van der Waals surface area (Å²) >= 11 is 15.5. The molecule has 0 amide bonds. The fourth-order valence-corrected chi connectivity index (χ4v) is 1.40. The van der Waals surface area contributed by atoms with Gasteiger partial charge in [0.05, 0.1) is 6.10 Å². The smallest absolute Gasteiger partial charge is 0.321 e. The Morgan fingerprint density at radius 2 is 1.82 bits per heavy atom. The molecule has 0 fully saturated rings. The second-order valence-electron chi connectivity index (χ2n) is 2.14. The van der Waals surface area contributed by atoms with Crippen molar-refractivity contribution >= 4 is 42.4 Å². The van der Waals surface area contributed by atoms with Crippen LogP contribution < -0.4 is 0 Å². The Kier molecular flexibility index (Phi) is 4.17. The standard InChI is InChI=1S/C4H8Cl3O3P/c1-3(2)10-11(8,9)4(5,6)7/h3H,1-2H3,(H,8,9). The number of hydrogen-bond donors (Lipinski definition) is 1. The zero-order chi connectivity index (χ0) is 9.28. The van der Waals surface area contributed by atoms with Crippen molar-refractivity contribution in [3.63, 3.8) is 0 Å². The van der Waals surface area contributed by atoms with Gasteiger partial charge < -0.3 is 9.42 Å². The van der Waals surface area contributed by atoms with Crippen LogP contribution >= 0.6 is 42.4 Å². The fourth-order valence-electron chi connectivity index (χ4n) is 0.346. The Morgan fingerprint density at radius 3 is 1.91 bits per heavy atom. The summed E-state index contributed by atoms with van der Waals surface area (Å²) in [7, 11) is -4.14. The van der Waals surface area contributed by atoms with Crippen LogP contribution in [0.2, 0.25) is 0 Å². The maximum absolute atomic E-state index is 11.0. The van der Waals surface area contributed by atoms with Crippen LogP contribution in [0.4, 0.5) is 0 Å². The van der Waals surface area contributed by atoms with Crippen molar-refractivity contribution in [2.75, 3.05) is 0 Å². The summed E-state index contributed by atoms with van der Waals surface area (Å²) < 4.78 is 13.2. The van der Waals surface area contributed by atoms with Gasteiger partial charge in [0.25, 0.3) is 3.53 Å². The molecule has 0 bridgehead atoms. The van der Waals surface area contributed by atoms with Crippen LogP contribution in [0, 0.1) is 0 Å². The molecule has 0 aromatic rings. The Morgan fingerprint density at radius 1 is 1.45 bits per heavy atom. The van der Waals surface area contributed by atoms with Crippen LogP contribution in [0.25, 0.3) is 0 Å². The first-order chi connectivity index (χ1) is 4.67. The number of rotatable bonds is 2. The largest absolute Gasteiger partial charge is 0.379 e. The van der Waals surface area contributed by atoms with Gasteiger partial charge in [0, 0.05) is 0 Å². The Balaban J connectivity index is 4.36. The molecule has 11 heavy (non-hydrogen) atoms. The zero-order valence-corrected chi connectivity index (χ0v) is 9.08. The summed E-state index contributed by atoms with van der Waals surface area (Å²) in [6.07, 6.45) is -0.457. The van der Waals surface area contributed by atoms with E-state index in [9.17, 15) is 4.57 Å². The van der Waals surface area contributed by atoms with Gasteiger partial charge in [-0.1, -0.05) is 34.8 Å². The molecule has 0 aliphatic rings.